The first kappa shape index (κ1) is 23.9. The number of primary amides is 1. The molecule has 2 N–H and O–H groups in total. The number of benzene rings is 2. The lowest BCUT2D eigenvalue weighted by molar-refractivity contribution is 0.0592. The number of nitrogens with two attached hydrogens (primary N) is 1. The van der Waals surface area contributed by atoms with Gasteiger partial charge in [-0.05, 0) is 29.7 Å². The van der Waals surface area contributed by atoms with Crippen LogP contribution < -0.4 is 10.5 Å². The molecular formula is C23H19N7O6. The van der Waals surface area contributed by atoms with Gasteiger partial charge in [-0.1, -0.05) is 6.07 Å². The minimum absolute atomic E-state index is 0.0656. The van der Waals surface area contributed by atoms with Gasteiger partial charge in [0, 0.05) is 24.8 Å². The molecule has 0 spiro atoms. The lowest BCUT2D eigenvalue weighted by atomic mass is 10.0. The summed E-state index contributed by atoms with van der Waals surface area (Å²) in [4.78, 5) is 44.7. The van der Waals surface area contributed by atoms with Crippen LogP contribution in [0.2, 0.25) is 0 Å². The topological polar surface area (TPSA) is 173 Å². The van der Waals surface area contributed by atoms with Crippen molar-refractivity contribution >= 4 is 40.1 Å². The highest BCUT2D eigenvalue weighted by Gasteiger charge is 2.23. The van der Waals surface area contributed by atoms with Crippen molar-refractivity contribution in [2.45, 2.75) is 0 Å². The maximum Gasteiger partial charge on any atom is 0.343 e. The predicted molar refractivity (Wildman–Crippen MR) is 125 cm³/mol. The summed E-state index contributed by atoms with van der Waals surface area (Å²) in [6.07, 6.45) is 4.20. The van der Waals surface area contributed by atoms with E-state index in [0.717, 1.165) is 0 Å². The van der Waals surface area contributed by atoms with Gasteiger partial charge in [-0.15, -0.1) is 10.2 Å². The number of nitrogens with zero attached hydrogens (tertiary/aromatic N) is 6. The Labute approximate surface area is 203 Å². The molecule has 0 aliphatic carbocycles. The summed E-state index contributed by atoms with van der Waals surface area (Å²) in [5, 5.41) is 13.4. The molecule has 0 aliphatic rings. The molecule has 13 heteroatoms. The van der Waals surface area contributed by atoms with Crippen LogP contribution in [0.4, 0.5) is 11.5 Å². The molecular weight excluding hydrogens is 470 g/mol. The number of carbonyl (C=O) groups excluding carboxylic acids is 3. The molecule has 2 aromatic carbocycles. The van der Waals surface area contributed by atoms with Gasteiger partial charge in [-0.2, -0.15) is 5.10 Å². The predicted octanol–water partition coefficient (Wildman–Crippen LogP) is 3.24. The van der Waals surface area contributed by atoms with Crippen molar-refractivity contribution in [1.29, 1.82) is 0 Å². The highest BCUT2D eigenvalue weighted by Crippen LogP contribution is 2.42. The number of carbonyl (C=O) groups is 3. The molecule has 0 fully saturated rings. The van der Waals surface area contributed by atoms with Crippen molar-refractivity contribution in [3.8, 4) is 11.8 Å². The van der Waals surface area contributed by atoms with Gasteiger partial charge in [0.2, 0.25) is 0 Å². The van der Waals surface area contributed by atoms with Crippen LogP contribution in [0.25, 0.3) is 10.8 Å². The highest BCUT2D eigenvalue weighted by atomic mass is 16.5. The molecule has 4 aromatic rings. The number of amides is 1. The van der Waals surface area contributed by atoms with Crippen molar-refractivity contribution in [1.82, 2.24) is 19.7 Å². The molecule has 0 unspecified atom stereocenters. The number of rotatable bonds is 7. The van der Waals surface area contributed by atoms with Crippen LogP contribution in [-0.4, -0.2) is 51.8 Å². The van der Waals surface area contributed by atoms with Crippen LogP contribution in [0, 0.1) is 0 Å². The quantitative estimate of drug-likeness (QED) is 0.302. The van der Waals surface area contributed by atoms with Crippen LogP contribution in [0.15, 0.2) is 59.2 Å². The molecule has 0 atom stereocenters. The van der Waals surface area contributed by atoms with Crippen LogP contribution >= 0.6 is 0 Å². The van der Waals surface area contributed by atoms with E-state index in [0.29, 0.717) is 10.8 Å². The third-order valence-corrected chi connectivity index (χ3v) is 5.05. The second kappa shape index (κ2) is 9.97. The van der Waals surface area contributed by atoms with Gasteiger partial charge in [-0.25, -0.2) is 24.2 Å². The molecule has 36 heavy (non-hydrogen) atoms. The van der Waals surface area contributed by atoms with Gasteiger partial charge in [0.05, 0.1) is 31.5 Å². The van der Waals surface area contributed by atoms with Gasteiger partial charge in [0.25, 0.3) is 5.91 Å². The van der Waals surface area contributed by atoms with Crippen molar-refractivity contribution in [3.05, 3.63) is 65.6 Å². The maximum absolute atomic E-state index is 12.4. The van der Waals surface area contributed by atoms with E-state index >= 15 is 0 Å². The molecule has 2 heterocycles. The van der Waals surface area contributed by atoms with E-state index in [2.05, 4.69) is 25.3 Å². The number of esters is 2. The lowest BCUT2D eigenvalue weighted by Gasteiger charge is -2.13. The molecule has 182 valence electrons. The number of methoxy groups -OCH3 is 2. The van der Waals surface area contributed by atoms with Gasteiger partial charge in [0.15, 0.2) is 11.6 Å². The summed E-state index contributed by atoms with van der Waals surface area (Å²) >= 11 is 0. The summed E-state index contributed by atoms with van der Waals surface area (Å²) in [6.45, 7) is 0. The smallest absolute Gasteiger partial charge is 0.343 e. The molecule has 0 aliphatic heterocycles. The highest BCUT2D eigenvalue weighted by molar-refractivity contribution is 6.08. The third kappa shape index (κ3) is 4.57. The number of aromatic nitrogens is 4. The Morgan fingerprint density at radius 1 is 0.972 bits per heavy atom. The van der Waals surface area contributed by atoms with E-state index in [1.54, 1.807) is 19.2 Å². The van der Waals surface area contributed by atoms with Gasteiger partial charge < -0.3 is 19.9 Å². The molecule has 13 nitrogen and oxygen atoms in total. The van der Waals surface area contributed by atoms with Crippen LogP contribution in [0.1, 0.15) is 31.1 Å². The van der Waals surface area contributed by atoms with E-state index in [9.17, 15) is 14.4 Å². The minimum Gasteiger partial charge on any atom is -0.465 e. The minimum atomic E-state index is -0.835. The van der Waals surface area contributed by atoms with Crippen molar-refractivity contribution in [2.24, 2.45) is 23.0 Å². The first-order valence-corrected chi connectivity index (χ1v) is 10.3. The summed E-state index contributed by atoms with van der Waals surface area (Å²) < 4.78 is 16.7. The normalized spacial score (nSPS) is 11.0. The van der Waals surface area contributed by atoms with Crippen LogP contribution in [0.5, 0.6) is 11.8 Å². The van der Waals surface area contributed by atoms with Crippen LogP contribution in [0.3, 0.4) is 0 Å². The van der Waals surface area contributed by atoms with E-state index in [-0.39, 0.29) is 40.0 Å². The van der Waals surface area contributed by atoms with Crippen molar-refractivity contribution in [2.75, 3.05) is 14.2 Å². The molecule has 0 saturated heterocycles. The summed E-state index contributed by atoms with van der Waals surface area (Å²) in [5.41, 5.74) is 5.96. The van der Waals surface area contributed by atoms with Crippen molar-refractivity contribution in [3.63, 3.8) is 0 Å². The van der Waals surface area contributed by atoms with E-state index in [4.69, 9.17) is 19.9 Å². The largest absolute Gasteiger partial charge is 0.465 e. The monoisotopic (exact) mass is 489 g/mol. The zero-order valence-electron chi connectivity index (χ0n) is 19.3. The first-order chi connectivity index (χ1) is 17.3. The number of ether oxygens (including phenoxy) is 3. The van der Waals surface area contributed by atoms with Crippen molar-refractivity contribution < 1.29 is 28.6 Å². The van der Waals surface area contributed by atoms with Gasteiger partial charge in [0.1, 0.15) is 11.3 Å². The number of fused-ring (bicyclic) bond motifs is 1. The average Bonchev–Trinajstić information content (AvgIpc) is 3.26. The number of hydrogen-bond acceptors (Lipinski definition) is 11. The zero-order chi connectivity index (χ0) is 25.8. The Balaban J connectivity index is 1.98. The SMILES string of the molecule is COC(=O)c1ccc2c(/N=N/c3c(C(=O)OC)cnn3C)c(Oc3ncccn3)c(C(N)=O)cc2c1. The summed E-state index contributed by atoms with van der Waals surface area (Å²) in [6, 6.07) is 7.59. The van der Waals surface area contributed by atoms with E-state index in [1.807, 2.05) is 0 Å². The Morgan fingerprint density at radius 2 is 1.69 bits per heavy atom. The molecule has 0 bridgehead atoms. The Kier molecular flexibility index (Phi) is 6.63. The Bertz CT molecular complexity index is 1510. The summed E-state index contributed by atoms with van der Waals surface area (Å²) in [7, 11) is 4.05. The third-order valence-electron chi connectivity index (χ3n) is 5.05. The van der Waals surface area contributed by atoms with E-state index in [1.165, 1.54) is 55.7 Å². The second-order valence-electron chi connectivity index (χ2n) is 7.22. The second-order valence-corrected chi connectivity index (χ2v) is 7.22. The summed E-state index contributed by atoms with van der Waals surface area (Å²) in [5.74, 6) is -2.05. The molecule has 4 rings (SSSR count). The number of hydrogen-bond donors (Lipinski definition) is 1. The van der Waals surface area contributed by atoms with Gasteiger partial charge >= 0.3 is 17.9 Å². The van der Waals surface area contributed by atoms with Crippen LogP contribution in [-0.2, 0) is 16.5 Å². The number of azo groups is 1. The average molecular weight is 489 g/mol. The zero-order valence-corrected chi connectivity index (χ0v) is 19.3. The fraction of sp³-hybridized carbons (Fsp3) is 0.130. The molecule has 0 radical (unpaired) electrons. The fourth-order valence-electron chi connectivity index (χ4n) is 3.33. The number of aryl methyl sites for hydroxylation is 1. The fourth-order valence-corrected chi connectivity index (χ4v) is 3.33. The first-order valence-electron chi connectivity index (χ1n) is 10.3. The molecule has 2 aromatic heterocycles. The Morgan fingerprint density at radius 3 is 2.36 bits per heavy atom. The molecule has 1 amide bonds. The Hall–Kier alpha value is -5.20. The van der Waals surface area contributed by atoms with Gasteiger partial charge in [-0.3, -0.25) is 4.79 Å². The van der Waals surface area contributed by atoms with E-state index < -0.39 is 17.8 Å². The standard InChI is InChI=1S/C23H19N7O6/c1-30-20(16(11-27-30)22(33)35-3)29-28-17-14-6-5-12(21(32)34-2)9-13(14)10-15(19(24)31)18(17)36-23-25-7-4-8-26-23/h4-11H,1-3H3,(H2,24,31)/b29-28+. The maximum atomic E-state index is 12.4. The molecule has 0 saturated carbocycles. The lowest BCUT2D eigenvalue weighted by Crippen LogP contribution is -2.13.